The molecule has 5 rings (SSSR count). The molecule has 1 N–H and O–H groups in total. The molecule has 4 amide bonds. The van der Waals surface area contributed by atoms with Gasteiger partial charge in [0.15, 0.2) is 0 Å². The van der Waals surface area contributed by atoms with Crippen LogP contribution < -0.4 is 10.2 Å². The minimum absolute atomic E-state index is 0.133. The number of fused-ring (bicyclic) bond motifs is 1. The van der Waals surface area contributed by atoms with Crippen molar-refractivity contribution in [2.75, 3.05) is 50.7 Å². The second kappa shape index (κ2) is 10.6. The van der Waals surface area contributed by atoms with Gasteiger partial charge >= 0.3 is 6.09 Å². The lowest BCUT2D eigenvalue weighted by atomic mass is 9.95. The Balaban J connectivity index is 1.10. The third-order valence-electron chi connectivity index (χ3n) is 8.03. The van der Waals surface area contributed by atoms with E-state index in [4.69, 9.17) is 4.74 Å². The second-order valence-corrected chi connectivity index (χ2v) is 11.9. The smallest absolute Gasteiger partial charge is 0.410 e. The van der Waals surface area contributed by atoms with Gasteiger partial charge in [-0.15, -0.1) is 0 Å². The molecule has 0 bridgehead atoms. The van der Waals surface area contributed by atoms with Crippen molar-refractivity contribution >= 4 is 29.5 Å². The summed E-state index contributed by atoms with van der Waals surface area (Å²) in [4.78, 5) is 57.4. The Kier molecular flexibility index (Phi) is 7.35. The summed E-state index contributed by atoms with van der Waals surface area (Å²) in [6.07, 6.45) is 2.62. The van der Waals surface area contributed by atoms with E-state index in [-0.39, 0.29) is 30.2 Å². The lowest BCUT2D eigenvalue weighted by Crippen LogP contribution is -2.52. The maximum atomic E-state index is 13.0. The second-order valence-electron chi connectivity index (χ2n) is 11.9. The number of rotatable bonds is 4. The zero-order valence-corrected chi connectivity index (χ0v) is 22.7. The molecule has 0 aliphatic carbocycles. The molecule has 38 heavy (non-hydrogen) atoms. The summed E-state index contributed by atoms with van der Waals surface area (Å²) < 4.78 is 5.51. The fourth-order valence-electron chi connectivity index (χ4n) is 5.94. The number of ether oxygens (including phenoxy) is 1. The zero-order chi connectivity index (χ0) is 27.0. The maximum Gasteiger partial charge on any atom is 0.410 e. The first-order chi connectivity index (χ1) is 18.1. The van der Waals surface area contributed by atoms with Crippen molar-refractivity contribution in [3.8, 4) is 0 Å². The monoisotopic (exact) mass is 525 g/mol. The van der Waals surface area contributed by atoms with E-state index in [0.29, 0.717) is 37.5 Å². The van der Waals surface area contributed by atoms with Crippen LogP contribution in [0.5, 0.6) is 0 Å². The minimum Gasteiger partial charge on any atom is -0.444 e. The van der Waals surface area contributed by atoms with Gasteiger partial charge in [0, 0.05) is 70.0 Å². The number of amides is 4. The molecule has 4 aliphatic heterocycles. The van der Waals surface area contributed by atoms with Gasteiger partial charge in [0.25, 0.3) is 5.91 Å². The van der Waals surface area contributed by atoms with Crippen LogP contribution in [0.25, 0.3) is 0 Å². The van der Waals surface area contributed by atoms with Crippen molar-refractivity contribution < 1.29 is 23.9 Å². The van der Waals surface area contributed by atoms with Crippen LogP contribution in [0, 0.1) is 5.92 Å². The van der Waals surface area contributed by atoms with E-state index in [1.165, 1.54) is 0 Å². The quantitative estimate of drug-likeness (QED) is 0.602. The third-order valence-corrected chi connectivity index (χ3v) is 8.03. The number of imide groups is 1. The lowest BCUT2D eigenvalue weighted by Gasteiger charge is -2.39. The fraction of sp³-hybridized carbons (Fsp3) is 0.643. The first-order valence-electron chi connectivity index (χ1n) is 13.8. The van der Waals surface area contributed by atoms with E-state index in [9.17, 15) is 19.2 Å². The molecule has 3 fully saturated rings. The van der Waals surface area contributed by atoms with Crippen molar-refractivity contribution in [3.63, 3.8) is 0 Å². The van der Waals surface area contributed by atoms with E-state index in [1.54, 1.807) is 4.90 Å². The number of carbonyl (C=O) groups excluding carboxylic acids is 4. The molecular weight excluding hydrogens is 486 g/mol. The molecule has 1 unspecified atom stereocenters. The fourth-order valence-corrected chi connectivity index (χ4v) is 5.94. The summed E-state index contributed by atoms with van der Waals surface area (Å²) in [5, 5.41) is 2.36. The Morgan fingerprint density at radius 3 is 2.37 bits per heavy atom. The number of carbonyl (C=O) groups is 4. The van der Waals surface area contributed by atoms with Crippen LogP contribution >= 0.6 is 0 Å². The third kappa shape index (κ3) is 5.80. The van der Waals surface area contributed by atoms with Crippen molar-refractivity contribution in [2.45, 2.75) is 64.6 Å². The van der Waals surface area contributed by atoms with E-state index in [0.717, 1.165) is 56.8 Å². The van der Waals surface area contributed by atoms with Crippen LogP contribution in [-0.4, -0.2) is 96.0 Å². The van der Waals surface area contributed by atoms with Gasteiger partial charge in [0.2, 0.25) is 11.8 Å². The predicted octanol–water partition coefficient (Wildman–Crippen LogP) is 2.22. The number of anilines is 1. The molecule has 1 aromatic rings. The van der Waals surface area contributed by atoms with Gasteiger partial charge in [0.1, 0.15) is 11.6 Å². The Bertz CT molecular complexity index is 1100. The highest BCUT2D eigenvalue weighted by Gasteiger charge is 2.39. The summed E-state index contributed by atoms with van der Waals surface area (Å²) in [5.41, 5.74) is 2.25. The molecule has 0 spiro atoms. The van der Waals surface area contributed by atoms with E-state index >= 15 is 0 Å². The Morgan fingerprint density at radius 1 is 1.00 bits per heavy atom. The molecule has 206 valence electrons. The number of nitrogens with zero attached hydrogens (tertiary/aromatic N) is 4. The van der Waals surface area contributed by atoms with Gasteiger partial charge in [-0.3, -0.25) is 24.6 Å². The van der Waals surface area contributed by atoms with Crippen molar-refractivity contribution in [1.29, 1.82) is 0 Å². The van der Waals surface area contributed by atoms with Crippen molar-refractivity contribution in [3.05, 3.63) is 29.3 Å². The Labute approximate surface area is 224 Å². The summed E-state index contributed by atoms with van der Waals surface area (Å²) in [5.74, 6) is -0.162. The van der Waals surface area contributed by atoms with E-state index < -0.39 is 11.6 Å². The van der Waals surface area contributed by atoms with Gasteiger partial charge in [-0.25, -0.2) is 4.79 Å². The number of hydrogen-bond donors (Lipinski definition) is 1. The standard InChI is InChI=1S/C28H39N5O5/c1-28(2,3)38-27(37)32-14-12-30(13-15-32)17-19-8-10-31(11-9-19)21-4-5-22-20(16-21)18-33(26(22)36)23-6-7-24(34)29-25(23)35/h4-5,16,19,23H,6-15,17-18H2,1-3H3,(H,29,34,35). The van der Waals surface area contributed by atoms with Crippen LogP contribution in [0.4, 0.5) is 10.5 Å². The van der Waals surface area contributed by atoms with Gasteiger partial charge in [-0.05, 0) is 69.7 Å². The normalized spacial score (nSPS) is 23.5. The van der Waals surface area contributed by atoms with Gasteiger partial charge < -0.3 is 19.4 Å². The average molecular weight is 526 g/mol. The van der Waals surface area contributed by atoms with Gasteiger partial charge in [-0.2, -0.15) is 0 Å². The van der Waals surface area contributed by atoms with Crippen LogP contribution in [0.2, 0.25) is 0 Å². The van der Waals surface area contributed by atoms with Gasteiger partial charge in [0.05, 0.1) is 0 Å². The molecule has 10 heteroatoms. The van der Waals surface area contributed by atoms with E-state index in [2.05, 4.69) is 21.2 Å². The van der Waals surface area contributed by atoms with Crippen LogP contribution in [-0.2, 0) is 20.9 Å². The topological polar surface area (TPSA) is 102 Å². The predicted molar refractivity (Wildman–Crippen MR) is 142 cm³/mol. The maximum absolute atomic E-state index is 13.0. The number of hydrogen-bond acceptors (Lipinski definition) is 7. The highest BCUT2D eigenvalue weighted by Crippen LogP contribution is 2.32. The van der Waals surface area contributed by atoms with Crippen molar-refractivity contribution in [2.24, 2.45) is 5.92 Å². The summed E-state index contributed by atoms with van der Waals surface area (Å²) in [6, 6.07) is 5.41. The highest BCUT2D eigenvalue weighted by atomic mass is 16.6. The van der Waals surface area contributed by atoms with Crippen LogP contribution in [0.1, 0.15) is 62.4 Å². The molecule has 3 saturated heterocycles. The van der Waals surface area contributed by atoms with Crippen LogP contribution in [0.3, 0.4) is 0 Å². The highest BCUT2D eigenvalue weighted by molar-refractivity contribution is 6.05. The number of benzene rings is 1. The lowest BCUT2D eigenvalue weighted by molar-refractivity contribution is -0.136. The zero-order valence-electron chi connectivity index (χ0n) is 22.7. The van der Waals surface area contributed by atoms with Crippen LogP contribution in [0.15, 0.2) is 18.2 Å². The number of piperazine rings is 1. The molecule has 4 heterocycles. The summed E-state index contributed by atoms with van der Waals surface area (Å²) >= 11 is 0. The minimum atomic E-state index is -0.585. The molecule has 1 aromatic carbocycles. The molecule has 0 aromatic heterocycles. The molecule has 4 aliphatic rings. The first kappa shape index (κ1) is 26.5. The largest absolute Gasteiger partial charge is 0.444 e. The summed E-state index contributed by atoms with van der Waals surface area (Å²) in [6.45, 7) is 12.2. The molecule has 0 saturated carbocycles. The molecule has 0 radical (unpaired) electrons. The Hall–Kier alpha value is -3.14. The number of piperidine rings is 2. The Morgan fingerprint density at radius 2 is 1.71 bits per heavy atom. The van der Waals surface area contributed by atoms with E-state index in [1.807, 2.05) is 37.8 Å². The SMILES string of the molecule is CC(C)(C)OC(=O)N1CCN(CC2CCN(c3ccc4c(c3)CN(C3CCC(=O)NC3=O)C4=O)CC2)CC1. The molecule has 10 nitrogen and oxygen atoms in total. The summed E-state index contributed by atoms with van der Waals surface area (Å²) in [7, 11) is 0. The number of nitrogens with one attached hydrogen (secondary N) is 1. The molecular formula is C28H39N5O5. The molecule has 1 atom stereocenters. The average Bonchev–Trinajstić information content (AvgIpc) is 3.19. The first-order valence-corrected chi connectivity index (χ1v) is 13.8. The van der Waals surface area contributed by atoms with Gasteiger partial charge in [-0.1, -0.05) is 0 Å². The van der Waals surface area contributed by atoms with Crippen molar-refractivity contribution in [1.82, 2.24) is 20.0 Å².